The summed E-state index contributed by atoms with van der Waals surface area (Å²) in [6.45, 7) is 2.96. The Labute approximate surface area is 201 Å². The van der Waals surface area contributed by atoms with Crippen molar-refractivity contribution in [3.8, 4) is 0 Å². The minimum atomic E-state index is -1.25. The first kappa shape index (κ1) is 26.3. The number of aliphatic hydroxyl groups is 2. The van der Waals surface area contributed by atoms with Crippen LogP contribution < -0.4 is 10.6 Å². The standard InChI is InChI=1S/C26H38N2O6/c1-17(2)11-21(23(31)26(15-30)16-34-26)27-25(33)22(14-29)28-24(32)20-10-6-9-19(13-20)12-18-7-4-3-5-8-18/h3-5,7-8,17,19-22,29-30H,6,9-16H2,1-2H3,(H,27,33)(H,28,32)/t19?,20?,21-,22-,26+/m0/s1. The van der Waals surface area contributed by atoms with Crippen LogP contribution in [0.25, 0.3) is 0 Å². The molecule has 2 amide bonds. The maximum absolute atomic E-state index is 13.0. The average molecular weight is 475 g/mol. The molecule has 1 aliphatic carbocycles. The minimum Gasteiger partial charge on any atom is -0.394 e. The number of carbonyl (C=O) groups is 3. The van der Waals surface area contributed by atoms with Crippen LogP contribution in [0.5, 0.6) is 0 Å². The van der Waals surface area contributed by atoms with Crippen molar-refractivity contribution >= 4 is 17.6 Å². The Balaban J connectivity index is 1.57. The molecule has 2 fully saturated rings. The van der Waals surface area contributed by atoms with E-state index < -0.39 is 36.8 Å². The van der Waals surface area contributed by atoms with Gasteiger partial charge in [-0.05, 0) is 43.1 Å². The van der Waals surface area contributed by atoms with Crippen LogP contribution in [0.15, 0.2) is 30.3 Å². The lowest BCUT2D eigenvalue weighted by atomic mass is 9.78. The van der Waals surface area contributed by atoms with E-state index in [4.69, 9.17) is 4.74 Å². The van der Waals surface area contributed by atoms with Crippen molar-refractivity contribution in [1.82, 2.24) is 10.6 Å². The molecule has 34 heavy (non-hydrogen) atoms. The molecule has 1 aromatic carbocycles. The molecule has 1 aliphatic heterocycles. The van der Waals surface area contributed by atoms with E-state index in [9.17, 15) is 24.6 Å². The molecule has 1 saturated heterocycles. The second-order valence-corrected chi connectivity index (χ2v) is 10.2. The number of rotatable bonds is 12. The molecule has 188 valence electrons. The smallest absolute Gasteiger partial charge is 0.245 e. The summed E-state index contributed by atoms with van der Waals surface area (Å²) < 4.78 is 5.16. The van der Waals surface area contributed by atoms with Crippen LogP contribution in [0.4, 0.5) is 0 Å². The zero-order valence-electron chi connectivity index (χ0n) is 20.2. The second kappa shape index (κ2) is 11.9. The molecule has 2 aliphatic rings. The molecule has 8 nitrogen and oxygen atoms in total. The maximum atomic E-state index is 13.0. The van der Waals surface area contributed by atoms with Crippen LogP contribution in [0.1, 0.15) is 51.5 Å². The minimum absolute atomic E-state index is 0.106. The van der Waals surface area contributed by atoms with Crippen LogP contribution in [0, 0.1) is 17.8 Å². The largest absolute Gasteiger partial charge is 0.394 e. The Kier molecular flexibility index (Phi) is 9.22. The monoisotopic (exact) mass is 474 g/mol. The Hall–Kier alpha value is -2.29. The Bertz CT molecular complexity index is 839. The van der Waals surface area contributed by atoms with E-state index in [-0.39, 0.29) is 30.1 Å². The molecule has 0 bridgehead atoms. The van der Waals surface area contributed by atoms with E-state index in [1.165, 1.54) is 5.56 Å². The van der Waals surface area contributed by atoms with Gasteiger partial charge < -0.3 is 25.6 Å². The van der Waals surface area contributed by atoms with Gasteiger partial charge in [-0.15, -0.1) is 0 Å². The zero-order valence-corrected chi connectivity index (χ0v) is 20.2. The number of hydrogen-bond acceptors (Lipinski definition) is 6. The predicted octanol–water partition coefficient (Wildman–Crippen LogP) is 1.37. The van der Waals surface area contributed by atoms with Crippen LogP contribution in [0.3, 0.4) is 0 Å². The van der Waals surface area contributed by atoms with Crippen molar-refractivity contribution in [3.63, 3.8) is 0 Å². The Morgan fingerprint density at radius 3 is 2.38 bits per heavy atom. The molecule has 0 aromatic heterocycles. The number of benzene rings is 1. The fourth-order valence-corrected chi connectivity index (χ4v) is 4.84. The molecule has 8 heteroatoms. The SMILES string of the molecule is CC(C)C[C@H](NC(=O)[C@H](CO)NC(=O)C1CCCC(Cc2ccccc2)C1)C(=O)[C@@]1(CO)CO1. The molecule has 4 N–H and O–H groups in total. The fourth-order valence-electron chi connectivity index (χ4n) is 4.84. The predicted molar refractivity (Wildman–Crippen MR) is 127 cm³/mol. The molecule has 1 heterocycles. The van der Waals surface area contributed by atoms with Gasteiger partial charge in [0.15, 0.2) is 11.4 Å². The average Bonchev–Trinajstić information content (AvgIpc) is 3.63. The third kappa shape index (κ3) is 6.87. The molecule has 0 spiro atoms. The highest BCUT2D eigenvalue weighted by molar-refractivity contribution is 5.98. The lowest BCUT2D eigenvalue weighted by molar-refractivity contribution is -0.135. The molecular formula is C26H38N2O6. The third-order valence-electron chi connectivity index (χ3n) is 6.87. The number of nitrogens with one attached hydrogen (secondary N) is 2. The molecule has 2 unspecified atom stereocenters. The van der Waals surface area contributed by atoms with Crippen LogP contribution in [-0.4, -0.2) is 65.3 Å². The first-order chi connectivity index (χ1) is 16.3. The number of ether oxygens (including phenoxy) is 1. The highest BCUT2D eigenvalue weighted by atomic mass is 16.6. The van der Waals surface area contributed by atoms with Crippen LogP contribution >= 0.6 is 0 Å². The zero-order chi connectivity index (χ0) is 24.7. The van der Waals surface area contributed by atoms with E-state index in [1.807, 2.05) is 32.0 Å². The lowest BCUT2D eigenvalue weighted by Crippen LogP contribution is -2.56. The number of carbonyl (C=O) groups excluding carboxylic acids is 3. The van der Waals surface area contributed by atoms with Gasteiger partial charge in [0.1, 0.15) is 6.04 Å². The third-order valence-corrected chi connectivity index (χ3v) is 6.87. The number of hydrogen-bond donors (Lipinski definition) is 4. The summed E-state index contributed by atoms with van der Waals surface area (Å²) in [6.07, 6.45) is 4.79. The fraction of sp³-hybridized carbons (Fsp3) is 0.654. The summed E-state index contributed by atoms with van der Waals surface area (Å²) in [7, 11) is 0. The van der Waals surface area contributed by atoms with Crippen molar-refractivity contribution in [2.24, 2.45) is 17.8 Å². The number of Topliss-reactive ketones (excluding diaryl/α,β-unsaturated/α-hetero) is 1. The summed E-state index contributed by atoms with van der Waals surface area (Å²) in [4.78, 5) is 38.7. The van der Waals surface area contributed by atoms with Crippen molar-refractivity contribution in [2.45, 2.75) is 70.1 Å². The summed E-state index contributed by atoms with van der Waals surface area (Å²) in [5.74, 6) is -0.938. The number of amides is 2. The highest BCUT2D eigenvalue weighted by Gasteiger charge is 2.54. The molecule has 1 saturated carbocycles. The van der Waals surface area contributed by atoms with Crippen LogP contribution in [0.2, 0.25) is 0 Å². The van der Waals surface area contributed by atoms with E-state index >= 15 is 0 Å². The van der Waals surface area contributed by atoms with Gasteiger partial charge in [0, 0.05) is 5.92 Å². The number of aliphatic hydroxyl groups excluding tert-OH is 2. The van der Waals surface area contributed by atoms with Gasteiger partial charge in [-0.3, -0.25) is 14.4 Å². The normalized spacial score (nSPS) is 25.9. The van der Waals surface area contributed by atoms with E-state index in [1.54, 1.807) is 0 Å². The Morgan fingerprint density at radius 2 is 1.79 bits per heavy atom. The van der Waals surface area contributed by atoms with Crippen molar-refractivity contribution < 1.29 is 29.3 Å². The summed E-state index contributed by atoms with van der Waals surface area (Å²) in [6, 6.07) is 8.20. The van der Waals surface area contributed by atoms with Gasteiger partial charge in [-0.25, -0.2) is 0 Å². The summed E-state index contributed by atoms with van der Waals surface area (Å²) in [5.41, 5.74) is 0.00281. The summed E-state index contributed by atoms with van der Waals surface area (Å²) in [5, 5.41) is 24.7. The van der Waals surface area contributed by atoms with E-state index in [2.05, 4.69) is 22.8 Å². The van der Waals surface area contributed by atoms with Gasteiger partial charge in [0.2, 0.25) is 11.8 Å². The van der Waals surface area contributed by atoms with E-state index in [0.717, 1.165) is 32.1 Å². The van der Waals surface area contributed by atoms with Gasteiger partial charge in [-0.1, -0.05) is 57.0 Å². The van der Waals surface area contributed by atoms with E-state index in [0.29, 0.717) is 12.3 Å². The van der Waals surface area contributed by atoms with Crippen molar-refractivity contribution in [3.05, 3.63) is 35.9 Å². The van der Waals surface area contributed by atoms with Gasteiger partial charge in [0.25, 0.3) is 0 Å². The Morgan fingerprint density at radius 1 is 1.09 bits per heavy atom. The van der Waals surface area contributed by atoms with Crippen molar-refractivity contribution in [2.75, 3.05) is 19.8 Å². The van der Waals surface area contributed by atoms with Gasteiger partial charge in [0.05, 0.1) is 25.9 Å². The molecular weight excluding hydrogens is 436 g/mol. The number of ketones is 1. The quantitative estimate of drug-likeness (QED) is 0.339. The topological polar surface area (TPSA) is 128 Å². The maximum Gasteiger partial charge on any atom is 0.245 e. The molecule has 3 rings (SSSR count). The highest BCUT2D eigenvalue weighted by Crippen LogP contribution is 2.32. The lowest BCUT2D eigenvalue weighted by Gasteiger charge is -2.30. The first-order valence-corrected chi connectivity index (χ1v) is 12.3. The van der Waals surface area contributed by atoms with Gasteiger partial charge >= 0.3 is 0 Å². The molecule has 0 radical (unpaired) electrons. The molecule has 1 aromatic rings. The number of epoxide rings is 1. The molecule has 5 atom stereocenters. The van der Waals surface area contributed by atoms with Crippen molar-refractivity contribution in [1.29, 1.82) is 0 Å². The van der Waals surface area contributed by atoms with Gasteiger partial charge in [-0.2, -0.15) is 0 Å². The van der Waals surface area contributed by atoms with Crippen LogP contribution in [-0.2, 0) is 25.5 Å². The first-order valence-electron chi connectivity index (χ1n) is 12.3. The summed E-state index contributed by atoms with van der Waals surface area (Å²) >= 11 is 0. The second-order valence-electron chi connectivity index (χ2n) is 10.2.